The highest BCUT2D eigenvalue weighted by Crippen LogP contribution is 2.12. The summed E-state index contributed by atoms with van der Waals surface area (Å²) in [5.41, 5.74) is 0.305. The van der Waals surface area contributed by atoms with Gasteiger partial charge in [-0.2, -0.15) is 0 Å². The number of fused-ring (bicyclic) bond motifs is 1. The molecule has 0 saturated heterocycles. The van der Waals surface area contributed by atoms with Gasteiger partial charge in [-0.3, -0.25) is 9.59 Å². The fourth-order valence-corrected chi connectivity index (χ4v) is 2.05. The second-order valence-corrected chi connectivity index (χ2v) is 4.03. The van der Waals surface area contributed by atoms with Crippen molar-refractivity contribution >= 4 is 16.7 Å². The Hall–Kier alpha value is -2.10. The van der Waals surface area contributed by atoms with E-state index in [1.807, 2.05) is 32.0 Å². The van der Waals surface area contributed by atoms with Crippen LogP contribution in [0.4, 0.5) is 0 Å². The third-order valence-corrected chi connectivity index (χ3v) is 2.91. The number of amides is 1. The van der Waals surface area contributed by atoms with Gasteiger partial charge in [0.05, 0.1) is 0 Å². The van der Waals surface area contributed by atoms with E-state index in [2.05, 4.69) is 5.32 Å². The highest BCUT2D eigenvalue weighted by atomic mass is 16.2. The lowest BCUT2D eigenvalue weighted by molar-refractivity contribution is 0.0945. The van der Waals surface area contributed by atoms with Gasteiger partial charge in [-0.25, -0.2) is 0 Å². The Kier molecular flexibility index (Phi) is 3.46. The third-order valence-electron chi connectivity index (χ3n) is 2.91. The maximum absolute atomic E-state index is 12.3. The lowest BCUT2D eigenvalue weighted by atomic mass is 10.1. The van der Waals surface area contributed by atoms with Crippen LogP contribution in [0.25, 0.3) is 10.8 Å². The second-order valence-electron chi connectivity index (χ2n) is 4.03. The molecule has 1 amide bonds. The molecule has 0 bridgehead atoms. The number of nitrogens with zero attached hydrogens (tertiary/aromatic N) is 1. The lowest BCUT2D eigenvalue weighted by Crippen LogP contribution is -2.31. The number of pyridine rings is 1. The van der Waals surface area contributed by atoms with Crippen molar-refractivity contribution in [1.82, 2.24) is 9.88 Å². The van der Waals surface area contributed by atoms with Crippen molar-refractivity contribution in [3.05, 3.63) is 46.4 Å². The van der Waals surface area contributed by atoms with Crippen LogP contribution in [-0.2, 0) is 6.54 Å². The summed E-state index contributed by atoms with van der Waals surface area (Å²) >= 11 is 0. The van der Waals surface area contributed by atoms with Crippen molar-refractivity contribution in [2.75, 3.05) is 6.54 Å². The maximum atomic E-state index is 12.3. The van der Waals surface area contributed by atoms with Gasteiger partial charge in [-0.05, 0) is 31.4 Å². The molecule has 1 aromatic heterocycles. The van der Waals surface area contributed by atoms with E-state index in [0.717, 1.165) is 5.39 Å². The number of carbonyl (C=O) groups is 1. The van der Waals surface area contributed by atoms with Gasteiger partial charge in [-0.15, -0.1) is 0 Å². The minimum absolute atomic E-state index is 0.114. The van der Waals surface area contributed by atoms with Crippen LogP contribution in [0, 0.1) is 0 Å². The largest absolute Gasteiger partial charge is 0.351 e. The first-order valence-electron chi connectivity index (χ1n) is 6.09. The quantitative estimate of drug-likeness (QED) is 0.894. The van der Waals surface area contributed by atoms with Crippen LogP contribution in [0.2, 0.25) is 0 Å². The molecule has 0 aliphatic heterocycles. The molecule has 2 rings (SSSR count). The highest BCUT2D eigenvalue weighted by molar-refractivity contribution is 5.96. The van der Waals surface area contributed by atoms with E-state index in [-0.39, 0.29) is 11.5 Å². The molecule has 0 radical (unpaired) electrons. The standard InChI is InChI=1S/C14H16N2O2/c1-3-15-13(17)12-9-10-7-5-6-8-11(10)14(18)16(12)4-2/h5-9H,3-4H2,1-2H3,(H,15,17). The first-order valence-corrected chi connectivity index (χ1v) is 6.09. The molecular formula is C14H16N2O2. The Balaban J connectivity index is 2.73. The zero-order valence-electron chi connectivity index (χ0n) is 10.6. The van der Waals surface area contributed by atoms with E-state index in [9.17, 15) is 9.59 Å². The molecule has 0 fully saturated rings. The molecule has 18 heavy (non-hydrogen) atoms. The molecule has 1 heterocycles. The smallest absolute Gasteiger partial charge is 0.268 e. The van der Waals surface area contributed by atoms with Crippen molar-refractivity contribution in [1.29, 1.82) is 0 Å². The summed E-state index contributed by atoms with van der Waals surface area (Å²) in [7, 11) is 0. The Labute approximate surface area is 105 Å². The molecule has 94 valence electrons. The van der Waals surface area contributed by atoms with Gasteiger partial charge in [0.2, 0.25) is 0 Å². The molecule has 0 unspecified atom stereocenters. The maximum Gasteiger partial charge on any atom is 0.268 e. The SMILES string of the molecule is CCNC(=O)c1cc2ccccc2c(=O)n1CC. The monoisotopic (exact) mass is 244 g/mol. The molecule has 0 atom stereocenters. The summed E-state index contributed by atoms with van der Waals surface area (Å²) in [4.78, 5) is 24.2. The van der Waals surface area contributed by atoms with Crippen LogP contribution in [0.1, 0.15) is 24.3 Å². The van der Waals surface area contributed by atoms with Crippen molar-refractivity contribution < 1.29 is 4.79 Å². The molecule has 4 nitrogen and oxygen atoms in total. The number of carbonyl (C=O) groups excluding carboxylic acids is 1. The van der Waals surface area contributed by atoms with Gasteiger partial charge < -0.3 is 9.88 Å². The molecule has 2 aromatic rings. The van der Waals surface area contributed by atoms with Gasteiger partial charge in [-0.1, -0.05) is 18.2 Å². The molecule has 0 saturated carbocycles. The van der Waals surface area contributed by atoms with E-state index < -0.39 is 0 Å². The Morgan fingerprint density at radius 2 is 2.00 bits per heavy atom. The summed E-state index contributed by atoms with van der Waals surface area (Å²) in [6, 6.07) is 9.09. The van der Waals surface area contributed by atoms with Gasteiger partial charge >= 0.3 is 0 Å². The number of benzene rings is 1. The Bertz CT molecular complexity index is 644. The lowest BCUT2D eigenvalue weighted by Gasteiger charge is -2.12. The van der Waals surface area contributed by atoms with Crippen LogP contribution >= 0.6 is 0 Å². The predicted molar refractivity (Wildman–Crippen MR) is 71.9 cm³/mol. The van der Waals surface area contributed by atoms with Gasteiger partial charge in [0.1, 0.15) is 5.69 Å². The van der Waals surface area contributed by atoms with Crippen molar-refractivity contribution in [3.63, 3.8) is 0 Å². The number of rotatable bonds is 3. The zero-order valence-corrected chi connectivity index (χ0v) is 10.6. The van der Waals surface area contributed by atoms with Crippen LogP contribution in [0.5, 0.6) is 0 Å². The first-order chi connectivity index (χ1) is 8.69. The molecular weight excluding hydrogens is 228 g/mol. The average Bonchev–Trinajstić information content (AvgIpc) is 2.39. The van der Waals surface area contributed by atoms with Crippen LogP contribution in [-0.4, -0.2) is 17.0 Å². The number of aromatic nitrogens is 1. The van der Waals surface area contributed by atoms with Gasteiger partial charge in [0, 0.05) is 18.5 Å². The van der Waals surface area contributed by atoms with Crippen molar-refractivity contribution in [2.45, 2.75) is 20.4 Å². The molecule has 0 spiro atoms. The molecule has 4 heteroatoms. The first kappa shape index (κ1) is 12.4. The van der Waals surface area contributed by atoms with Gasteiger partial charge in [0.25, 0.3) is 11.5 Å². The van der Waals surface area contributed by atoms with Crippen LogP contribution in [0.15, 0.2) is 35.1 Å². The van der Waals surface area contributed by atoms with Crippen LogP contribution < -0.4 is 10.9 Å². The Morgan fingerprint density at radius 1 is 1.28 bits per heavy atom. The summed E-state index contributed by atoms with van der Waals surface area (Å²) in [6.07, 6.45) is 0. The minimum Gasteiger partial charge on any atom is -0.351 e. The molecule has 0 aliphatic rings. The summed E-state index contributed by atoms with van der Waals surface area (Å²) in [5.74, 6) is -0.206. The summed E-state index contributed by atoms with van der Waals surface area (Å²) in [6.45, 7) is 4.74. The molecule has 1 N–H and O–H groups in total. The van der Waals surface area contributed by atoms with E-state index >= 15 is 0 Å². The fourth-order valence-electron chi connectivity index (χ4n) is 2.05. The average molecular weight is 244 g/mol. The van der Waals surface area contributed by atoms with E-state index in [4.69, 9.17) is 0 Å². The Morgan fingerprint density at radius 3 is 2.67 bits per heavy atom. The van der Waals surface area contributed by atoms with Crippen molar-refractivity contribution in [2.24, 2.45) is 0 Å². The summed E-state index contributed by atoms with van der Waals surface area (Å²) < 4.78 is 1.51. The minimum atomic E-state index is -0.206. The normalized spacial score (nSPS) is 10.6. The summed E-state index contributed by atoms with van der Waals surface area (Å²) in [5, 5.41) is 4.18. The molecule has 0 aliphatic carbocycles. The number of hydrogen-bond donors (Lipinski definition) is 1. The number of hydrogen-bond acceptors (Lipinski definition) is 2. The fraction of sp³-hybridized carbons (Fsp3) is 0.286. The van der Waals surface area contributed by atoms with E-state index in [1.54, 1.807) is 12.1 Å². The molecule has 1 aromatic carbocycles. The highest BCUT2D eigenvalue weighted by Gasteiger charge is 2.13. The van der Waals surface area contributed by atoms with Crippen LogP contribution in [0.3, 0.4) is 0 Å². The van der Waals surface area contributed by atoms with E-state index in [0.29, 0.717) is 24.2 Å². The van der Waals surface area contributed by atoms with Crippen molar-refractivity contribution in [3.8, 4) is 0 Å². The van der Waals surface area contributed by atoms with E-state index in [1.165, 1.54) is 4.57 Å². The predicted octanol–water partition coefficient (Wildman–Crippen LogP) is 1.77. The van der Waals surface area contributed by atoms with Gasteiger partial charge in [0.15, 0.2) is 0 Å². The number of nitrogens with one attached hydrogen (secondary N) is 1. The second kappa shape index (κ2) is 5.04. The topological polar surface area (TPSA) is 51.1 Å². The third kappa shape index (κ3) is 2.01. The zero-order chi connectivity index (χ0) is 13.1.